The summed E-state index contributed by atoms with van der Waals surface area (Å²) in [7, 11) is 0. The summed E-state index contributed by atoms with van der Waals surface area (Å²) in [6.45, 7) is 5.75. The predicted octanol–water partition coefficient (Wildman–Crippen LogP) is 1.49. The van der Waals surface area contributed by atoms with E-state index < -0.39 is 0 Å². The van der Waals surface area contributed by atoms with Crippen LogP contribution in [0.5, 0.6) is 0 Å². The van der Waals surface area contributed by atoms with Gasteiger partial charge in [0.2, 0.25) is 0 Å². The molecular formula is C11H17N3. The molecule has 1 saturated carbocycles. The first kappa shape index (κ1) is 8.48. The number of aromatic amines is 1. The zero-order chi connectivity index (χ0) is 9.54. The van der Waals surface area contributed by atoms with Crippen LogP contribution in [-0.4, -0.2) is 28.2 Å². The molecule has 3 rings (SSSR count). The molecule has 0 radical (unpaired) electrons. The Morgan fingerprint density at radius 3 is 3.14 bits per heavy atom. The van der Waals surface area contributed by atoms with Crippen molar-refractivity contribution in [1.82, 2.24) is 15.1 Å². The minimum atomic E-state index is 1.00. The Labute approximate surface area is 84.5 Å². The van der Waals surface area contributed by atoms with E-state index in [-0.39, 0.29) is 0 Å². The van der Waals surface area contributed by atoms with Gasteiger partial charge in [-0.1, -0.05) is 0 Å². The van der Waals surface area contributed by atoms with Gasteiger partial charge in [-0.15, -0.1) is 0 Å². The molecule has 1 aromatic rings. The first-order chi connectivity index (χ1) is 6.83. The van der Waals surface area contributed by atoms with E-state index in [0.29, 0.717) is 0 Å². The van der Waals surface area contributed by atoms with Crippen molar-refractivity contribution in [3.8, 4) is 0 Å². The lowest BCUT2D eigenvalue weighted by atomic mass is 10.1. The second kappa shape index (κ2) is 3.09. The summed E-state index contributed by atoms with van der Waals surface area (Å²) in [6.07, 6.45) is 4.06. The van der Waals surface area contributed by atoms with Crippen molar-refractivity contribution in [2.45, 2.75) is 32.7 Å². The lowest BCUT2D eigenvalue weighted by Crippen LogP contribution is -2.32. The van der Waals surface area contributed by atoms with Crippen LogP contribution in [0.1, 0.15) is 29.8 Å². The number of aryl methyl sites for hydroxylation is 1. The van der Waals surface area contributed by atoms with Crippen LogP contribution in [0.4, 0.5) is 0 Å². The number of hydrogen-bond acceptors (Lipinski definition) is 2. The first-order valence-electron chi connectivity index (χ1n) is 5.58. The average molecular weight is 191 g/mol. The van der Waals surface area contributed by atoms with Gasteiger partial charge in [0, 0.05) is 37.3 Å². The smallest absolute Gasteiger partial charge is 0.0639 e. The molecule has 1 aliphatic heterocycles. The van der Waals surface area contributed by atoms with Gasteiger partial charge in [-0.25, -0.2) is 0 Å². The van der Waals surface area contributed by atoms with Crippen molar-refractivity contribution in [3.05, 3.63) is 17.0 Å². The van der Waals surface area contributed by atoms with Gasteiger partial charge >= 0.3 is 0 Å². The highest BCUT2D eigenvalue weighted by Crippen LogP contribution is 2.31. The fourth-order valence-corrected chi connectivity index (χ4v) is 2.32. The lowest BCUT2D eigenvalue weighted by molar-refractivity contribution is 0.242. The van der Waals surface area contributed by atoms with Crippen LogP contribution < -0.4 is 0 Å². The largest absolute Gasteiger partial charge is 0.298 e. The van der Waals surface area contributed by atoms with E-state index in [0.717, 1.165) is 18.9 Å². The Morgan fingerprint density at radius 1 is 1.50 bits per heavy atom. The molecule has 1 aromatic heterocycles. The molecule has 1 N–H and O–H groups in total. The molecule has 2 aliphatic rings. The minimum Gasteiger partial charge on any atom is -0.298 e. The zero-order valence-corrected chi connectivity index (χ0v) is 8.71. The molecule has 1 fully saturated rings. The van der Waals surface area contributed by atoms with Crippen LogP contribution >= 0.6 is 0 Å². The fraction of sp³-hybridized carbons (Fsp3) is 0.727. The molecular weight excluding hydrogens is 174 g/mol. The number of H-pyrrole nitrogens is 1. The third-order valence-electron chi connectivity index (χ3n) is 3.43. The minimum absolute atomic E-state index is 1.00. The van der Waals surface area contributed by atoms with Gasteiger partial charge in [0.05, 0.1) is 5.69 Å². The van der Waals surface area contributed by atoms with Gasteiger partial charge in [0.1, 0.15) is 0 Å². The van der Waals surface area contributed by atoms with Gasteiger partial charge in [-0.2, -0.15) is 5.10 Å². The second-order valence-corrected chi connectivity index (χ2v) is 4.69. The molecule has 0 spiro atoms. The van der Waals surface area contributed by atoms with Crippen LogP contribution in [0.2, 0.25) is 0 Å². The van der Waals surface area contributed by atoms with E-state index in [9.17, 15) is 0 Å². The molecule has 0 saturated heterocycles. The van der Waals surface area contributed by atoms with E-state index >= 15 is 0 Å². The van der Waals surface area contributed by atoms with Crippen LogP contribution in [0.15, 0.2) is 0 Å². The summed E-state index contributed by atoms with van der Waals surface area (Å²) in [5, 5.41) is 7.41. The topological polar surface area (TPSA) is 31.9 Å². The van der Waals surface area contributed by atoms with Crippen LogP contribution in [-0.2, 0) is 13.0 Å². The van der Waals surface area contributed by atoms with E-state index in [1.54, 1.807) is 0 Å². The standard InChI is InChI=1S/C11H17N3/c1-8-10-7-14(6-9-2-3-9)5-4-11(10)13-12-8/h9H,2-7H2,1H3,(H,12,13). The first-order valence-corrected chi connectivity index (χ1v) is 5.58. The normalized spacial score (nSPS) is 22.4. The number of fused-ring (bicyclic) bond motifs is 1. The zero-order valence-electron chi connectivity index (χ0n) is 8.71. The molecule has 0 bridgehead atoms. The maximum Gasteiger partial charge on any atom is 0.0639 e. The summed E-state index contributed by atoms with van der Waals surface area (Å²) in [5.41, 5.74) is 4.02. The van der Waals surface area contributed by atoms with Gasteiger partial charge < -0.3 is 0 Å². The predicted molar refractivity (Wildman–Crippen MR) is 55.0 cm³/mol. The highest BCUT2D eigenvalue weighted by molar-refractivity contribution is 5.26. The summed E-state index contributed by atoms with van der Waals surface area (Å²) >= 11 is 0. The van der Waals surface area contributed by atoms with Crippen molar-refractivity contribution < 1.29 is 0 Å². The molecule has 2 heterocycles. The highest BCUT2D eigenvalue weighted by atomic mass is 15.2. The average Bonchev–Trinajstić information content (AvgIpc) is 2.92. The SMILES string of the molecule is Cc1n[nH]c2c1CN(CC1CC1)CC2. The van der Waals surface area contributed by atoms with Crippen LogP contribution in [0.25, 0.3) is 0 Å². The summed E-state index contributed by atoms with van der Waals surface area (Å²) < 4.78 is 0. The lowest BCUT2D eigenvalue weighted by Gasteiger charge is -2.26. The Balaban J connectivity index is 1.74. The molecule has 0 amide bonds. The quantitative estimate of drug-likeness (QED) is 0.768. The maximum absolute atomic E-state index is 4.28. The van der Waals surface area contributed by atoms with Gasteiger partial charge in [-0.05, 0) is 25.7 Å². The van der Waals surface area contributed by atoms with Crippen molar-refractivity contribution >= 4 is 0 Å². The Kier molecular flexibility index (Phi) is 1.87. The Morgan fingerprint density at radius 2 is 2.36 bits per heavy atom. The van der Waals surface area contributed by atoms with E-state index in [4.69, 9.17) is 0 Å². The molecule has 0 unspecified atom stereocenters. The molecule has 76 valence electrons. The number of hydrogen-bond donors (Lipinski definition) is 1. The summed E-state index contributed by atoms with van der Waals surface area (Å²) in [4.78, 5) is 2.59. The monoisotopic (exact) mass is 191 g/mol. The summed E-state index contributed by atoms with van der Waals surface area (Å²) in [6, 6.07) is 0. The highest BCUT2D eigenvalue weighted by Gasteiger charge is 2.27. The maximum atomic E-state index is 4.28. The van der Waals surface area contributed by atoms with Crippen molar-refractivity contribution in [1.29, 1.82) is 0 Å². The number of aromatic nitrogens is 2. The van der Waals surface area contributed by atoms with Crippen molar-refractivity contribution in [2.24, 2.45) is 5.92 Å². The molecule has 3 heteroatoms. The molecule has 14 heavy (non-hydrogen) atoms. The summed E-state index contributed by atoms with van der Waals surface area (Å²) in [5.74, 6) is 1.00. The Bertz CT molecular complexity index is 338. The van der Waals surface area contributed by atoms with Gasteiger partial charge in [0.15, 0.2) is 0 Å². The molecule has 3 nitrogen and oxygen atoms in total. The van der Waals surface area contributed by atoms with Gasteiger partial charge in [0.25, 0.3) is 0 Å². The van der Waals surface area contributed by atoms with E-state index in [2.05, 4.69) is 22.0 Å². The van der Waals surface area contributed by atoms with Crippen molar-refractivity contribution in [2.75, 3.05) is 13.1 Å². The Hall–Kier alpha value is -0.830. The molecule has 1 aliphatic carbocycles. The van der Waals surface area contributed by atoms with E-state index in [1.807, 2.05) is 0 Å². The number of rotatable bonds is 2. The third-order valence-corrected chi connectivity index (χ3v) is 3.43. The van der Waals surface area contributed by atoms with Crippen molar-refractivity contribution in [3.63, 3.8) is 0 Å². The number of nitrogens with one attached hydrogen (secondary N) is 1. The van der Waals surface area contributed by atoms with Crippen LogP contribution in [0.3, 0.4) is 0 Å². The number of nitrogens with zero attached hydrogens (tertiary/aromatic N) is 2. The van der Waals surface area contributed by atoms with Crippen LogP contribution in [0, 0.1) is 12.8 Å². The molecule has 0 aromatic carbocycles. The molecule has 0 atom stereocenters. The second-order valence-electron chi connectivity index (χ2n) is 4.69. The van der Waals surface area contributed by atoms with E-state index in [1.165, 1.54) is 42.9 Å². The third kappa shape index (κ3) is 1.46. The fourth-order valence-electron chi connectivity index (χ4n) is 2.32. The van der Waals surface area contributed by atoms with Gasteiger partial charge in [-0.3, -0.25) is 10.00 Å².